The average Bonchev–Trinajstić information content (AvgIpc) is 2.62. The predicted molar refractivity (Wildman–Crippen MR) is 93.4 cm³/mol. The zero-order valence-electron chi connectivity index (χ0n) is 15.7. The van der Waals surface area contributed by atoms with Gasteiger partial charge in [-0.2, -0.15) is 8.78 Å². The van der Waals surface area contributed by atoms with Crippen molar-refractivity contribution in [2.45, 2.75) is 90.1 Å². The summed E-state index contributed by atoms with van der Waals surface area (Å²) in [6.07, 6.45) is 8.75. The molecule has 25 heavy (non-hydrogen) atoms. The van der Waals surface area contributed by atoms with Crippen molar-refractivity contribution in [1.82, 2.24) is 0 Å². The Morgan fingerprint density at radius 3 is 2.04 bits per heavy atom. The molecule has 146 valence electrons. The highest BCUT2D eigenvalue weighted by atomic mass is 19.3. The fourth-order valence-corrected chi connectivity index (χ4v) is 4.93. The minimum atomic E-state index is -3.80. The molecule has 1 N–H and O–H groups in total. The van der Waals surface area contributed by atoms with Crippen LogP contribution in [0.2, 0.25) is 0 Å². The normalized spacial score (nSPS) is 32.2. The summed E-state index contributed by atoms with van der Waals surface area (Å²) in [5.74, 6) is -3.71. The molecule has 0 aliphatic heterocycles. The van der Waals surface area contributed by atoms with Crippen molar-refractivity contribution in [3.63, 3.8) is 0 Å². The second kappa shape index (κ2) is 9.29. The molecule has 0 aromatic rings. The van der Waals surface area contributed by atoms with Crippen molar-refractivity contribution < 1.29 is 23.4 Å². The topological polar surface area (TPSA) is 46.5 Å². The van der Waals surface area contributed by atoms with Gasteiger partial charge in [0.1, 0.15) is 6.10 Å². The molecule has 2 aliphatic rings. The quantitative estimate of drug-likeness (QED) is 0.653. The van der Waals surface area contributed by atoms with Gasteiger partial charge in [-0.05, 0) is 69.1 Å². The van der Waals surface area contributed by atoms with Crippen LogP contribution in [-0.4, -0.2) is 29.7 Å². The lowest BCUT2D eigenvalue weighted by molar-refractivity contribution is -0.195. The first-order valence-electron chi connectivity index (χ1n) is 10.1. The van der Waals surface area contributed by atoms with Crippen LogP contribution in [0.1, 0.15) is 78.1 Å². The number of hydrogen-bond donors (Lipinski definition) is 1. The lowest BCUT2D eigenvalue weighted by Crippen LogP contribution is -2.47. The van der Waals surface area contributed by atoms with Crippen LogP contribution in [0, 0.1) is 23.7 Å². The Morgan fingerprint density at radius 1 is 1.04 bits per heavy atom. The molecule has 5 heteroatoms. The molecule has 0 spiro atoms. The van der Waals surface area contributed by atoms with Crippen molar-refractivity contribution in [2.75, 3.05) is 6.61 Å². The van der Waals surface area contributed by atoms with Gasteiger partial charge in [0.2, 0.25) is 0 Å². The maximum Gasteiger partial charge on any atom is 0.379 e. The Hall–Kier alpha value is -0.710. The van der Waals surface area contributed by atoms with Crippen LogP contribution in [0.4, 0.5) is 8.78 Å². The van der Waals surface area contributed by atoms with Crippen molar-refractivity contribution in [1.29, 1.82) is 0 Å². The molecular formula is C20H34F2O3. The first kappa shape index (κ1) is 20.6. The lowest BCUT2D eigenvalue weighted by atomic mass is 9.68. The van der Waals surface area contributed by atoms with E-state index in [2.05, 4.69) is 11.7 Å². The number of halogens is 2. The van der Waals surface area contributed by atoms with E-state index >= 15 is 0 Å². The van der Waals surface area contributed by atoms with Crippen LogP contribution in [-0.2, 0) is 9.53 Å². The fourth-order valence-electron chi connectivity index (χ4n) is 4.93. The van der Waals surface area contributed by atoms with Crippen LogP contribution in [0.25, 0.3) is 0 Å². The van der Waals surface area contributed by atoms with E-state index in [9.17, 15) is 18.7 Å². The van der Waals surface area contributed by atoms with Gasteiger partial charge in [0.05, 0.1) is 6.61 Å². The average molecular weight is 360 g/mol. The number of ether oxygens (including phenoxy) is 1. The van der Waals surface area contributed by atoms with E-state index in [1.54, 1.807) is 0 Å². The van der Waals surface area contributed by atoms with Gasteiger partial charge in [-0.3, -0.25) is 0 Å². The van der Waals surface area contributed by atoms with Crippen LogP contribution in [0.15, 0.2) is 0 Å². The third kappa shape index (κ3) is 5.15. The van der Waals surface area contributed by atoms with Crippen molar-refractivity contribution in [3.8, 4) is 0 Å². The fraction of sp³-hybridized carbons (Fsp3) is 0.950. The number of alkyl halides is 2. The Labute approximate surface area is 150 Å². The number of aliphatic hydroxyl groups excluding tert-OH is 1. The first-order valence-corrected chi connectivity index (χ1v) is 10.1. The Morgan fingerprint density at radius 2 is 1.56 bits per heavy atom. The van der Waals surface area contributed by atoms with Crippen molar-refractivity contribution in [3.05, 3.63) is 0 Å². The maximum atomic E-state index is 14.0. The molecule has 0 bridgehead atoms. The third-order valence-corrected chi connectivity index (χ3v) is 6.44. The number of carbonyl (C=O) groups excluding carboxylic acids is 1. The number of aliphatic hydroxyl groups is 1. The van der Waals surface area contributed by atoms with Gasteiger partial charge in [-0.1, -0.05) is 32.6 Å². The summed E-state index contributed by atoms with van der Waals surface area (Å²) in [6.45, 7) is 3.63. The zero-order valence-corrected chi connectivity index (χ0v) is 15.7. The highest BCUT2D eigenvalue weighted by Gasteiger charge is 2.51. The molecule has 2 saturated carbocycles. The highest BCUT2D eigenvalue weighted by molar-refractivity contribution is 5.78. The second-order valence-corrected chi connectivity index (χ2v) is 8.03. The number of carbonyl (C=O) groups is 1. The molecule has 0 aromatic carbocycles. The van der Waals surface area contributed by atoms with Gasteiger partial charge in [0.25, 0.3) is 0 Å². The number of hydrogen-bond acceptors (Lipinski definition) is 3. The molecule has 2 aliphatic carbocycles. The summed E-state index contributed by atoms with van der Waals surface area (Å²) in [4.78, 5) is 11.4. The summed E-state index contributed by atoms with van der Waals surface area (Å²) >= 11 is 0. The minimum Gasteiger partial charge on any atom is -0.461 e. The van der Waals surface area contributed by atoms with Gasteiger partial charge in [0, 0.05) is 0 Å². The summed E-state index contributed by atoms with van der Waals surface area (Å²) in [7, 11) is 0. The van der Waals surface area contributed by atoms with Crippen LogP contribution in [0.5, 0.6) is 0 Å². The summed E-state index contributed by atoms with van der Waals surface area (Å²) < 4.78 is 32.5. The van der Waals surface area contributed by atoms with Crippen LogP contribution < -0.4 is 0 Å². The van der Waals surface area contributed by atoms with E-state index in [4.69, 9.17) is 0 Å². The summed E-state index contributed by atoms with van der Waals surface area (Å²) in [5.41, 5.74) is 0. The van der Waals surface area contributed by atoms with Gasteiger partial charge in [0.15, 0.2) is 0 Å². The summed E-state index contributed by atoms with van der Waals surface area (Å²) in [5, 5.41) is 10.0. The molecule has 0 amide bonds. The molecule has 0 heterocycles. The zero-order chi connectivity index (χ0) is 18.4. The van der Waals surface area contributed by atoms with E-state index in [0.717, 1.165) is 24.7 Å². The van der Waals surface area contributed by atoms with Gasteiger partial charge < -0.3 is 9.84 Å². The number of rotatable bonds is 7. The Balaban J connectivity index is 1.80. The van der Waals surface area contributed by atoms with Crippen LogP contribution in [0.3, 0.4) is 0 Å². The molecule has 1 atom stereocenters. The van der Waals surface area contributed by atoms with Crippen molar-refractivity contribution >= 4 is 5.97 Å². The van der Waals surface area contributed by atoms with Gasteiger partial charge in [-0.25, -0.2) is 4.79 Å². The van der Waals surface area contributed by atoms with E-state index in [1.165, 1.54) is 45.4 Å². The molecule has 0 saturated heterocycles. The van der Waals surface area contributed by atoms with E-state index in [0.29, 0.717) is 18.8 Å². The van der Waals surface area contributed by atoms with E-state index in [1.807, 2.05) is 0 Å². The molecule has 0 aromatic heterocycles. The Kier molecular flexibility index (Phi) is 7.66. The smallest absolute Gasteiger partial charge is 0.379 e. The molecule has 2 rings (SSSR count). The standard InChI is InChI=1S/C20H34F2O3/c1-3-5-14-6-8-15(9-7-14)16-10-12-17(13-11-16)18(23)20(21,22)19(24)25-4-2/h14-18,23H,3-13H2,1-2H3. The summed E-state index contributed by atoms with van der Waals surface area (Å²) in [6, 6.07) is 0. The highest BCUT2D eigenvalue weighted by Crippen LogP contribution is 2.44. The van der Waals surface area contributed by atoms with Gasteiger partial charge >= 0.3 is 11.9 Å². The molecule has 1 unspecified atom stereocenters. The van der Waals surface area contributed by atoms with Gasteiger partial charge in [-0.15, -0.1) is 0 Å². The van der Waals surface area contributed by atoms with E-state index in [-0.39, 0.29) is 6.61 Å². The maximum absolute atomic E-state index is 14.0. The predicted octanol–water partition coefficient (Wildman–Crippen LogP) is 4.96. The molecular weight excluding hydrogens is 326 g/mol. The first-order chi connectivity index (χ1) is 11.9. The SMILES string of the molecule is CCCC1CCC(C2CCC(C(O)C(F)(F)C(=O)OCC)CC2)CC1. The third-order valence-electron chi connectivity index (χ3n) is 6.44. The monoisotopic (exact) mass is 360 g/mol. The lowest BCUT2D eigenvalue weighted by Gasteiger charge is -2.39. The molecule has 3 nitrogen and oxygen atoms in total. The second-order valence-electron chi connectivity index (χ2n) is 8.03. The number of esters is 1. The largest absolute Gasteiger partial charge is 0.461 e. The minimum absolute atomic E-state index is 0.103. The van der Waals surface area contributed by atoms with Crippen LogP contribution >= 0.6 is 0 Å². The Bertz CT molecular complexity index is 411. The molecule has 0 radical (unpaired) electrons. The molecule has 2 fully saturated rings. The van der Waals surface area contributed by atoms with E-state index < -0.39 is 23.9 Å². The van der Waals surface area contributed by atoms with Crippen molar-refractivity contribution in [2.24, 2.45) is 23.7 Å².